The number of rotatable bonds is 7. The van der Waals surface area contributed by atoms with E-state index < -0.39 is 6.04 Å². The molecule has 6 heteroatoms. The standard InChI is InChI=1S/C22H24N2O4/c1-14(23-16-12-19(26-2)21(28-4)20(13-16)27-3)22(25)24-18-11-7-9-15-8-5-6-10-17(15)18/h5-14,23H,1-4H3,(H,24,25). The highest BCUT2D eigenvalue weighted by atomic mass is 16.5. The van der Waals surface area contributed by atoms with Gasteiger partial charge in [-0.3, -0.25) is 4.79 Å². The van der Waals surface area contributed by atoms with Gasteiger partial charge in [-0.2, -0.15) is 0 Å². The number of hydrogen-bond donors (Lipinski definition) is 2. The van der Waals surface area contributed by atoms with Crippen LogP contribution in [0.5, 0.6) is 17.2 Å². The number of ether oxygens (including phenoxy) is 3. The van der Waals surface area contributed by atoms with Crippen molar-refractivity contribution >= 4 is 28.1 Å². The molecule has 0 aliphatic heterocycles. The van der Waals surface area contributed by atoms with Crippen LogP contribution in [0.15, 0.2) is 54.6 Å². The van der Waals surface area contributed by atoms with Gasteiger partial charge in [0.15, 0.2) is 11.5 Å². The van der Waals surface area contributed by atoms with Crippen molar-refractivity contribution in [3.8, 4) is 17.2 Å². The molecule has 3 aromatic rings. The highest BCUT2D eigenvalue weighted by molar-refractivity contribution is 6.04. The summed E-state index contributed by atoms with van der Waals surface area (Å²) < 4.78 is 16.0. The topological polar surface area (TPSA) is 68.8 Å². The van der Waals surface area contributed by atoms with Crippen molar-refractivity contribution in [3.05, 3.63) is 54.6 Å². The van der Waals surface area contributed by atoms with E-state index in [1.54, 1.807) is 40.4 Å². The van der Waals surface area contributed by atoms with Gasteiger partial charge in [-0.1, -0.05) is 36.4 Å². The molecule has 0 aromatic heterocycles. The zero-order valence-corrected chi connectivity index (χ0v) is 16.4. The molecule has 0 bridgehead atoms. The maximum absolute atomic E-state index is 12.7. The van der Waals surface area contributed by atoms with E-state index in [0.29, 0.717) is 22.9 Å². The smallest absolute Gasteiger partial charge is 0.246 e. The molecule has 0 fully saturated rings. The molecular weight excluding hydrogens is 356 g/mol. The fraction of sp³-hybridized carbons (Fsp3) is 0.227. The van der Waals surface area contributed by atoms with Gasteiger partial charge < -0.3 is 24.8 Å². The average molecular weight is 380 g/mol. The van der Waals surface area contributed by atoms with Crippen molar-refractivity contribution in [2.45, 2.75) is 13.0 Å². The quantitative estimate of drug-likeness (QED) is 0.639. The summed E-state index contributed by atoms with van der Waals surface area (Å²) >= 11 is 0. The molecule has 0 radical (unpaired) electrons. The lowest BCUT2D eigenvalue weighted by molar-refractivity contribution is -0.116. The molecule has 0 spiro atoms. The molecule has 146 valence electrons. The number of amides is 1. The number of carbonyl (C=O) groups is 1. The highest BCUT2D eigenvalue weighted by Gasteiger charge is 2.18. The van der Waals surface area contributed by atoms with Gasteiger partial charge in [0.1, 0.15) is 6.04 Å². The van der Waals surface area contributed by atoms with Crippen LogP contribution < -0.4 is 24.8 Å². The van der Waals surface area contributed by atoms with Crippen LogP contribution in [0.4, 0.5) is 11.4 Å². The molecule has 1 amide bonds. The number of nitrogens with one attached hydrogen (secondary N) is 2. The number of fused-ring (bicyclic) bond motifs is 1. The Bertz CT molecular complexity index is 957. The lowest BCUT2D eigenvalue weighted by Gasteiger charge is -2.19. The van der Waals surface area contributed by atoms with Crippen molar-refractivity contribution in [2.24, 2.45) is 0 Å². The average Bonchev–Trinajstić information content (AvgIpc) is 2.73. The summed E-state index contributed by atoms with van der Waals surface area (Å²) in [5.41, 5.74) is 1.47. The number of anilines is 2. The second kappa shape index (κ2) is 8.52. The summed E-state index contributed by atoms with van der Waals surface area (Å²) in [5.74, 6) is 1.39. The van der Waals surface area contributed by atoms with E-state index in [4.69, 9.17) is 14.2 Å². The molecule has 1 unspecified atom stereocenters. The second-order valence-electron chi connectivity index (χ2n) is 6.30. The Kier molecular flexibility index (Phi) is 5.89. The SMILES string of the molecule is COc1cc(NC(C)C(=O)Nc2cccc3ccccc23)cc(OC)c1OC. The molecular formula is C22H24N2O4. The monoisotopic (exact) mass is 380 g/mol. The van der Waals surface area contributed by atoms with Gasteiger partial charge in [0, 0.05) is 28.9 Å². The fourth-order valence-corrected chi connectivity index (χ4v) is 3.06. The minimum atomic E-state index is -0.484. The summed E-state index contributed by atoms with van der Waals surface area (Å²) in [6.45, 7) is 1.80. The zero-order chi connectivity index (χ0) is 20.1. The molecule has 6 nitrogen and oxygen atoms in total. The van der Waals surface area contributed by atoms with E-state index in [0.717, 1.165) is 16.5 Å². The molecule has 0 aliphatic carbocycles. The number of methoxy groups -OCH3 is 3. The summed E-state index contributed by atoms with van der Waals surface area (Å²) in [7, 11) is 4.66. The maximum Gasteiger partial charge on any atom is 0.246 e. The van der Waals surface area contributed by atoms with Crippen molar-refractivity contribution < 1.29 is 19.0 Å². The summed E-state index contributed by atoms with van der Waals surface area (Å²) in [6.07, 6.45) is 0. The van der Waals surface area contributed by atoms with Crippen LogP contribution in [0.3, 0.4) is 0 Å². The van der Waals surface area contributed by atoms with Gasteiger partial charge in [0.05, 0.1) is 21.3 Å². The Morgan fingerprint density at radius 3 is 2.18 bits per heavy atom. The molecule has 28 heavy (non-hydrogen) atoms. The molecule has 2 N–H and O–H groups in total. The van der Waals surface area contributed by atoms with Crippen LogP contribution >= 0.6 is 0 Å². The molecule has 3 aromatic carbocycles. The van der Waals surface area contributed by atoms with Crippen molar-refractivity contribution in [1.29, 1.82) is 0 Å². The number of hydrogen-bond acceptors (Lipinski definition) is 5. The van der Waals surface area contributed by atoms with Gasteiger partial charge in [0.25, 0.3) is 0 Å². The van der Waals surface area contributed by atoms with E-state index in [1.165, 1.54) is 0 Å². The van der Waals surface area contributed by atoms with Gasteiger partial charge >= 0.3 is 0 Å². The maximum atomic E-state index is 12.7. The Labute approximate surface area is 164 Å². The summed E-state index contributed by atoms with van der Waals surface area (Å²) in [4.78, 5) is 12.7. The van der Waals surface area contributed by atoms with E-state index in [1.807, 2.05) is 42.5 Å². The Morgan fingerprint density at radius 2 is 1.54 bits per heavy atom. The van der Waals surface area contributed by atoms with Crippen LogP contribution in [0, 0.1) is 0 Å². The number of benzene rings is 3. The van der Waals surface area contributed by atoms with Crippen molar-refractivity contribution in [3.63, 3.8) is 0 Å². The first-order chi connectivity index (χ1) is 13.6. The van der Waals surface area contributed by atoms with Gasteiger partial charge in [0.2, 0.25) is 11.7 Å². The van der Waals surface area contributed by atoms with E-state index in [2.05, 4.69) is 10.6 Å². The first-order valence-corrected chi connectivity index (χ1v) is 8.92. The predicted molar refractivity (Wildman–Crippen MR) is 112 cm³/mol. The van der Waals surface area contributed by atoms with Crippen LogP contribution in [-0.2, 0) is 4.79 Å². The van der Waals surface area contributed by atoms with E-state index in [-0.39, 0.29) is 5.91 Å². The van der Waals surface area contributed by atoms with Gasteiger partial charge in [-0.25, -0.2) is 0 Å². The minimum absolute atomic E-state index is 0.148. The molecule has 0 saturated carbocycles. The summed E-state index contributed by atoms with van der Waals surface area (Å²) in [6, 6.07) is 16.8. The van der Waals surface area contributed by atoms with Crippen molar-refractivity contribution in [2.75, 3.05) is 32.0 Å². The van der Waals surface area contributed by atoms with Crippen LogP contribution in [-0.4, -0.2) is 33.3 Å². The Balaban J connectivity index is 1.79. The largest absolute Gasteiger partial charge is 0.493 e. The van der Waals surface area contributed by atoms with E-state index in [9.17, 15) is 4.79 Å². The number of carbonyl (C=O) groups excluding carboxylic acids is 1. The van der Waals surface area contributed by atoms with Gasteiger partial charge in [-0.15, -0.1) is 0 Å². The molecule has 3 rings (SSSR count). The van der Waals surface area contributed by atoms with Crippen LogP contribution in [0.1, 0.15) is 6.92 Å². The Morgan fingerprint density at radius 1 is 0.893 bits per heavy atom. The molecule has 0 aliphatic rings. The zero-order valence-electron chi connectivity index (χ0n) is 16.4. The minimum Gasteiger partial charge on any atom is -0.493 e. The third-order valence-electron chi connectivity index (χ3n) is 4.49. The molecule has 0 heterocycles. The first kappa shape index (κ1) is 19.4. The third kappa shape index (κ3) is 3.96. The Hall–Kier alpha value is -3.41. The first-order valence-electron chi connectivity index (χ1n) is 8.92. The fourth-order valence-electron chi connectivity index (χ4n) is 3.06. The van der Waals surface area contributed by atoms with E-state index >= 15 is 0 Å². The second-order valence-corrected chi connectivity index (χ2v) is 6.30. The van der Waals surface area contributed by atoms with Crippen molar-refractivity contribution in [1.82, 2.24) is 0 Å². The van der Waals surface area contributed by atoms with Gasteiger partial charge in [-0.05, 0) is 18.4 Å². The lowest BCUT2D eigenvalue weighted by atomic mass is 10.1. The predicted octanol–water partition coefficient (Wildman–Crippen LogP) is 4.30. The molecule has 1 atom stereocenters. The molecule has 0 saturated heterocycles. The normalized spacial score (nSPS) is 11.6. The summed E-state index contributed by atoms with van der Waals surface area (Å²) in [5, 5.41) is 8.25. The van der Waals surface area contributed by atoms with Crippen LogP contribution in [0.25, 0.3) is 10.8 Å². The highest BCUT2D eigenvalue weighted by Crippen LogP contribution is 2.40. The van der Waals surface area contributed by atoms with Crippen LogP contribution in [0.2, 0.25) is 0 Å². The third-order valence-corrected chi connectivity index (χ3v) is 4.49. The lowest BCUT2D eigenvalue weighted by Crippen LogP contribution is -2.31.